The first-order valence-corrected chi connectivity index (χ1v) is 6.45. The highest BCUT2D eigenvalue weighted by atomic mass is 16.3. The lowest BCUT2D eigenvalue weighted by molar-refractivity contribution is -0.128. The third kappa shape index (κ3) is 1.86. The molecule has 0 aromatic carbocycles. The van der Waals surface area contributed by atoms with Gasteiger partial charge in [-0.25, -0.2) is 0 Å². The number of likely N-dealkylation sites (tertiary alicyclic amines) is 2. The van der Waals surface area contributed by atoms with Crippen molar-refractivity contribution in [3.05, 3.63) is 36.8 Å². The fourth-order valence-electron chi connectivity index (χ4n) is 3.20. The summed E-state index contributed by atoms with van der Waals surface area (Å²) in [5.41, 5.74) is 1.19. The van der Waals surface area contributed by atoms with Crippen molar-refractivity contribution >= 4 is 5.91 Å². The van der Waals surface area contributed by atoms with E-state index in [1.807, 2.05) is 17.0 Å². The summed E-state index contributed by atoms with van der Waals surface area (Å²) in [5.74, 6) is 0.266. The van der Waals surface area contributed by atoms with Crippen LogP contribution in [0.4, 0.5) is 0 Å². The molecule has 2 atom stereocenters. The first kappa shape index (κ1) is 11.5. The summed E-state index contributed by atoms with van der Waals surface area (Å²) < 4.78 is 5.10. The maximum atomic E-state index is 12.0. The van der Waals surface area contributed by atoms with E-state index in [0.29, 0.717) is 25.0 Å². The Labute approximate surface area is 107 Å². The molecular weight excluding hydrogens is 228 g/mol. The van der Waals surface area contributed by atoms with Gasteiger partial charge in [-0.15, -0.1) is 6.58 Å². The first-order valence-electron chi connectivity index (χ1n) is 6.45. The van der Waals surface area contributed by atoms with Crippen LogP contribution in [0.15, 0.2) is 35.7 Å². The van der Waals surface area contributed by atoms with Gasteiger partial charge >= 0.3 is 0 Å². The molecule has 2 aliphatic heterocycles. The Morgan fingerprint density at radius 1 is 1.50 bits per heavy atom. The zero-order valence-electron chi connectivity index (χ0n) is 10.4. The molecule has 2 aliphatic rings. The third-order valence-corrected chi connectivity index (χ3v) is 4.02. The van der Waals surface area contributed by atoms with Gasteiger partial charge in [0.1, 0.15) is 0 Å². The first-order chi connectivity index (χ1) is 8.79. The van der Waals surface area contributed by atoms with E-state index in [9.17, 15) is 4.79 Å². The molecule has 2 fully saturated rings. The number of carbonyl (C=O) groups excluding carboxylic acids is 1. The van der Waals surface area contributed by atoms with Crippen LogP contribution in [0.2, 0.25) is 0 Å². The Hall–Kier alpha value is -1.55. The second kappa shape index (κ2) is 4.61. The molecule has 3 heterocycles. The lowest BCUT2D eigenvalue weighted by atomic mass is 10.1. The number of nitrogens with zero attached hydrogens (tertiary/aromatic N) is 2. The van der Waals surface area contributed by atoms with Gasteiger partial charge in [0.25, 0.3) is 0 Å². The number of rotatable bonds is 4. The molecule has 2 saturated heterocycles. The van der Waals surface area contributed by atoms with Crippen LogP contribution in [-0.2, 0) is 11.3 Å². The minimum absolute atomic E-state index is 0.266. The van der Waals surface area contributed by atoms with Crippen molar-refractivity contribution in [3.63, 3.8) is 0 Å². The Balaban J connectivity index is 1.70. The van der Waals surface area contributed by atoms with Crippen molar-refractivity contribution in [2.45, 2.75) is 31.5 Å². The minimum Gasteiger partial charge on any atom is -0.472 e. The summed E-state index contributed by atoms with van der Waals surface area (Å²) in [6.07, 6.45) is 7.02. The van der Waals surface area contributed by atoms with Crippen LogP contribution in [0.1, 0.15) is 18.4 Å². The highest BCUT2D eigenvalue weighted by molar-refractivity contribution is 5.80. The molecule has 1 amide bonds. The average Bonchev–Trinajstić information content (AvgIpc) is 3.03. The van der Waals surface area contributed by atoms with Crippen LogP contribution in [0, 0.1) is 0 Å². The van der Waals surface area contributed by atoms with Gasteiger partial charge in [-0.1, -0.05) is 6.08 Å². The van der Waals surface area contributed by atoms with Gasteiger partial charge in [-0.05, 0) is 12.5 Å². The summed E-state index contributed by atoms with van der Waals surface area (Å²) in [6, 6.07) is 2.74. The lowest BCUT2D eigenvalue weighted by Gasteiger charge is -2.24. The lowest BCUT2D eigenvalue weighted by Crippen LogP contribution is -2.37. The number of amides is 1. The third-order valence-electron chi connectivity index (χ3n) is 4.02. The molecule has 0 unspecified atom stereocenters. The molecular formula is C14H18N2O2. The highest BCUT2D eigenvalue weighted by Crippen LogP contribution is 2.33. The molecule has 3 rings (SSSR count). The molecule has 18 heavy (non-hydrogen) atoms. The van der Waals surface area contributed by atoms with Gasteiger partial charge in [0.15, 0.2) is 0 Å². The molecule has 0 N–H and O–H groups in total. The summed E-state index contributed by atoms with van der Waals surface area (Å²) in [5, 5.41) is 0. The second-order valence-electron chi connectivity index (χ2n) is 5.06. The van der Waals surface area contributed by atoms with Crippen molar-refractivity contribution in [3.8, 4) is 0 Å². The molecule has 0 bridgehead atoms. The predicted molar refractivity (Wildman–Crippen MR) is 67.8 cm³/mol. The zero-order valence-corrected chi connectivity index (χ0v) is 10.4. The van der Waals surface area contributed by atoms with Crippen LogP contribution < -0.4 is 0 Å². The fraction of sp³-hybridized carbons (Fsp3) is 0.500. The van der Waals surface area contributed by atoms with E-state index in [1.54, 1.807) is 12.5 Å². The quantitative estimate of drug-likeness (QED) is 0.758. The molecule has 0 radical (unpaired) electrons. The van der Waals surface area contributed by atoms with Crippen LogP contribution in [0.3, 0.4) is 0 Å². The summed E-state index contributed by atoms with van der Waals surface area (Å²) >= 11 is 0. The summed E-state index contributed by atoms with van der Waals surface area (Å²) in [7, 11) is 0. The second-order valence-corrected chi connectivity index (χ2v) is 5.06. The van der Waals surface area contributed by atoms with Gasteiger partial charge < -0.3 is 9.32 Å². The van der Waals surface area contributed by atoms with Crippen LogP contribution in [0.25, 0.3) is 0 Å². The van der Waals surface area contributed by atoms with Crippen molar-refractivity contribution in [1.29, 1.82) is 0 Å². The smallest absolute Gasteiger partial charge is 0.224 e. The molecule has 4 heteroatoms. The maximum Gasteiger partial charge on any atom is 0.224 e. The monoisotopic (exact) mass is 246 g/mol. The fourth-order valence-corrected chi connectivity index (χ4v) is 3.20. The highest BCUT2D eigenvalue weighted by Gasteiger charge is 2.45. The molecule has 0 saturated carbocycles. The Bertz CT molecular complexity index is 441. The van der Waals surface area contributed by atoms with Gasteiger partial charge in [0, 0.05) is 43.7 Å². The van der Waals surface area contributed by atoms with E-state index in [-0.39, 0.29) is 5.91 Å². The Morgan fingerprint density at radius 2 is 2.39 bits per heavy atom. The predicted octanol–water partition coefficient (Wildman–Crippen LogP) is 1.64. The standard InChI is InChI=1S/C14H18N2O2/c1-2-5-16-12-3-6-15(13(12)8-14(16)17)9-11-4-7-18-10-11/h2,4,7,10,12-13H,1,3,5-6,8-9H2/t12-,13+/m1/s1. The molecule has 1 aromatic heterocycles. The van der Waals surface area contributed by atoms with Crippen molar-refractivity contribution in [2.24, 2.45) is 0 Å². The number of furan rings is 1. The SMILES string of the molecule is C=CCN1C(=O)C[C@H]2[C@H]1CCN2Cc1ccoc1. The molecule has 0 aliphatic carbocycles. The van der Waals surface area contributed by atoms with Crippen molar-refractivity contribution in [2.75, 3.05) is 13.1 Å². The number of carbonyl (C=O) groups is 1. The number of hydrogen-bond donors (Lipinski definition) is 0. The van der Waals surface area contributed by atoms with E-state index in [2.05, 4.69) is 11.5 Å². The van der Waals surface area contributed by atoms with Gasteiger partial charge in [-0.3, -0.25) is 9.69 Å². The largest absolute Gasteiger partial charge is 0.472 e. The van der Waals surface area contributed by atoms with Gasteiger partial charge in [-0.2, -0.15) is 0 Å². The van der Waals surface area contributed by atoms with Crippen molar-refractivity contribution < 1.29 is 9.21 Å². The maximum absolute atomic E-state index is 12.0. The summed E-state index contributed by atoms with van der Waals surface area (Å²) in [4.78, 5) is 16.3. The van der Waals surface area contributed by atoms with E-state index in [0.717, 1.165) is 19.5 Å². The molecule has 0 spiro atoms. The number of fused-ring (bicyclic) bond motifs is 1. The normalized spacial score (nSPS) is 27.8. The number of hydrogen-bond acceptors (Lipinski definition) is 3. The topological polar surface area (TPSA) is 36.7 Å². The minimum atomic E-state index is 0.266. The van der Waals surface area contributed by atoms with E-state index < -0.39 is 0 Å². The van der Waals surface area contributed by atoms with Crippen LogP contribution >= 0.6 is 0 Å². The molecule has 1 aromatic rings. The van der Waals surface area contributed by atoms with E-state index >= 15 is 0 Å². The Kier molecular flexibility index (Phi) is 2.96. The van der Waals surface area contributed by atoms with Crippen LogP contribution in [0.5, 0.6) is 0 Å². The Morgan fingerprint density at radius 3 is 3.11 bits per heavy atom. The zero-order chi connectivity index (χ0) is 12.5. The molecule has 96 valence electrons. The van der Waals surface area contributed by atoms with Crippen molar-refractivity contribution in [1.82, 2.24) is 9.80 Å². The van der Waals surface area contributed by atoms with E-state index in [1.165, 1.54) is 5.56 Å². The van der Waals surface area contributed by atoms with Crippen LogP contribution in [-0.4, -0.2) is 40.9 Å². The van der Waals surface area contributed by atoms with Gasteiger partial charge in [0.2, 0.25) is 5.91 Å². The van der Waals surface area contributed by atoms with Gasteiger partial charge in [0.05, 0.1) is 12.5 Å². The summed E-state index contributed by atoms with van der Waals surface area (Å²) in [6.45, 7) is 6.35. The molecule has 4 nitrogen and oxygen atoms in total. The van der Waals surface area contributed by atoms with E-state index in [4.69, 9.17) is 4.42 Å². The average molecular weight is 246 g/mol.